The predicted octanol–water partition coefficient (Wildman–Crippen LogP) is 1.67. The molecule has 5 heteroatoms. The van der Waals surface area contributed by atoms with Gasteiger partial charge < -0.3 is 5.32 Å². The van der Waals surface area contributed by atoms with Gasteiger partial charge in [-0.05, 0) is 12.8 Å². The molecule has 0 spiro atoms. The molecule has 0 aromatic carbocycles. The Balaban J connectivity index is 2.48. The number of aryl methyl sites for hydroxylation is 1. The van der Waals surface area contributed by atoms with E-state index in [4.69, 9.17) is 5.26 Å². The zero-order valence-corrected chi connectivity index (χ0v) is 10.3. The highest BCUT2D eigenvalue weighted by molar-refractivity contribution is 7.09. The van der Waals surface area contributed by atoms with Crippen LogP contribution in [0.4, 0.5) is 0 Å². The van der Waals surface area contributed by atoms with E-state index in [1.165, 1.54) is 0 Å². The van der Waals surface area contributed by atoms with Gasteiger partial charge in [-0.1, -0.05) is 13.8 Å². The Morgan fingerprint density at radius 1 is 1.69 bits per heavy atom. The fourth-order valence-corrected chi connectivity index (χ4v) is 1.97. The molecule has 0 saturated heterocycles. The Kier molecular flexibility index (Phi) is 4.93. The van der Waals surface area contributed by atoms with E-state index in [1.54, 1.807) is 11.3 Å². The third-order valence-electron chi connectivity index (χ3n) is 2.14. The number of aromatic nitrogens is 1. The Morgan fingerprint density at radius 3 is 2.94 bits per heavy atom. The van der Waals surface area contributed by atoms with Gasteiger partial charge >= 0.3 is 0 Å². The van der Waals surface area contributed by atoms with Crippen LogP contribution in [0.25, 0.3) is 0 Å². The Hall–Kier alpha value is -1.41. The van der Waals surface area contributed by atoms with Crippen molar-refractivity contribution in [2.45, 2.75) is 39.2 Å². The van der Waals surface area contributed by atoms with Gasteiger partial charge in [-0.15, -0.1) is 11.3 Å². The van der Waals surface area contributed by atoms with Crippen LogP contribution in [-0.2, 0) is 17.6 Å². The lowest BCUT2D eigenvalue weighted by Crippen LogP contribution is -2.34. The molecule has 1 amide bonds. The minimum absolute atomic E-state index is 0.138. The second-order valence-electron chi connectivity index (χ2n) is 3.42. The monoisotopic (exact) mass is 237 g/mol. The lowest BCUT2D eigenvalue weighted by atomic mass is 10.2. The predicted molar refractivity (Wildman–Crippen MR) is 63.0 cm³/mol. The van der Waals surface area contributed by atoms with Gasteiger partial charge in [-0.3, -0.25) is 4.79 Å². The number of thiazole rings is 1. The van der Waals surface area contributed by atoms with Gasteiger partial charge in [0, 0.05) is 5.38 Å². The van der Waals surface area contributed by atoms with Crippen LogP contribution in [0.15, 0.2) is 5.38 Å². The smallest absolute Gasteiger partial charge is 0.227 e. The highest BCUT2D eigenvalue weighted by atomic mass is 32.1. The summed E-state index contributed by atoms with van der Waals surface area (Å²) in [4.78, 5) is 15.8. The molecule has 1 rings (SSSR count). The summed E-state index contributed by atoms with van der Waals surface area (Å²) >= 11 is 1.57. The average molecular weight is 237 g/mol. The molecular formula is C11H15N3OS. The molecule has 0 aliphatic heterocycles. The molecule has 1 aromatic rings. The molecule has 0 radical (unpaired) electrons. The molecule has 0 fully saturated rings. The second-order valence-corrected chi connectivity index (χ2v) is 4.36. The molecule has 1 heterocycles. The van der Waals surface area contributed by atoms with Gasteiger partial charge in [-0.25, -0.2) is 4.98 Å². The molecule has 0 aliphatic rings. The fraction of sp³-hybridized carbons (Fsp3) is 0.545. The van der Waals surface area contributed by atoms with Crippen LogP contribution >= 0.6 is 11.3 Å². The molecule has 4 nitrogen and oxygen atoms in total. The Labute approximate surface area is 99.3 Å². The van der Waals surface area contributed by atoms with Crippen LogP contribution in [0.2, 0.25) is 0 Å². The van der Waals surface area contributed by atoms with Crippen molar-refractivity contribution in [2.75, 3.05) is 0 Å². The van der Waals surface area contributed by atoms with E-state index < -0.39 is 6.04 Å². The van der Waals surface area contributed by atoms with Gasteiger partial charge in [-0.2, -0.15) is 5.26 Å². The van der Waals surface area contributed by atoms with E-state index in [0.29, 0.717) is 6.42 Å². The Morgan fingerprint density at radius 2 is 2.44 bits per heavy atom. The van der Waals surface area contributed by atoms with Gasteiger partial charge in [0.1, 0.15) is 6.04 Å². The summed E-state index contributed by atoms with van der Waals surface area (Å²) in [6, 6.07) is 1.64. The van der Waals surface area contributed by atoms with E-state index in [9.17, 15) is 4.79 Å². The average Bonchev–Trinajstić information content (AvgIpc) is 2.73. The van der Waals surface area contributed by atoms with Crippen molar-refractivity contribution in [1.82, 2.24) is 10.3 Å². The van der Waals surface area contributed by atoms with Crippen LogP contribution in [0.1, 0.15) is 31.0 Å². The Bertz CT molecular complexity index is 394. The number of nitriles is 1. The first-order valence-corrected chi connectivity index (χ1v) is 6.19. The molecule has 1 atom stereocenters. The molecule has 1 N–H and O–H groups in total. The van der Waals surface area contributed by atoms with Crippen LogP contribution in [0.5, 0.6) is 0 Å². The molecule has 0 bridgehead atoms. The number of amides is 1. The lowest BCUT2D eigenvalue weighted by Gasteiger charge is -2.07. The molecule has 16 heavy (non-hydrogen) atoms. The zero-order chi connectivity index (χ0) is 12.0. The second kappa shape index (κ2) is 6.23. The SMILES string of the molecule is CCc1nc(CC(=O)N[C@@H](C#N)CC)cs1. The minimum Gasteiger partial charge on any atom is -0.340 e. The van der Waals surface area contributed by atoms with Crippen molar-refractivity contribution in [1.29, 1.82) is 5.26 Å². The molecule has 0 aliphatic carbocycles. The summed E-state index contributed by atoms with van der Waals surface area (Å²) in [6.45, 7) is 3.90. The highest BCUT2D eigenvalue weighted by Gasteiger charge is 2.11. The lowest BCUT2D eigenvalue weighted by molar-refractivity contribution is -0.120. The molecule has 1 aromatic heterocycles. The van der Waals surface area contributed by atoms with Gasteiger partial charge in [0.15, 0.2) is 0 Å². The first-order chi connectivity index (χ1) is 7.69. The van der Waals surface area contributed by atoms with E-state index >= 15 is 0 Å². The summed E-state index contributed by atoms with van der Waals surface area (Å²) in [5.74, 6) is -0.138. The molecular weight excluding hydrogens is 222 g/mol. The third-order valence-corrected chi connectivity index (χ3v) is 3.18. The number of nitrogens with zero attached hydrogens (tertiary/aromatic N) is 2. The van der Waals surface area contributed by atoms with E-state index in [-0.39, 0.29) is 12.3 Å². The number of hydrogen-bond acceptors (Lipinski definition) is 4. The molecule has 86 valence electrons. The zero-order valence-electron chi connectivity index (χ0n) is 9.49. The van der Waals surface area contributed by atoms with Gasteiger partial charge in [0.25, 0.3) is 0 Å². The summed E-state index contributed by atoms with van der Waals surface area (Å²) in [7, 11) is 0. The summed E-state index contributed by atoms with van der Waals surface area (Å²) in [5, 5.41) is 14.3. The van der Waals surface area contributed by atoms with Crippen molar-refractivity contribution in [2.24, 2.45) is 0 Å². The summed E-state index contributed by atoms with van der Waals surface area (Å²) in [6.07, 6.45) is 1.77. The number of hydrogen-bond donors (Lipinski definition) is 1. The maximum Gasteiger partial charge on any atom is 0.227 e. The topological polar surface area (TPSA) is 65.8 Å². The van der Waals surface area contributed by atoms with Crippen LogP contribution in [0.3, 0.4) is 0 Å². The van der Waals surface area contributed by atoms with Crippen LogP contribution in [0, 0.1) is 11.3 Å². The van der Waals surface area contributed by atoms with Crippen molar-refractivity contribution < 1.29 is 4.79 Å². The first kappa shape index (κ1) is 12.7. The number of nitrogens with one attached hydrogen (secondary N) is 1. The largest absolute Gasteiger partial charge is 0.340 e. The van der Waals surface area contributed by atoms with Crippen LogP contribution in [-0.4, -0.2) is 16.9 Å². The van der Waals surface area contributed by atoms with E-state index in [1.807, 2.05) is 25.3 Å². The maximum atomic E-state index is 11.5. The maximum absolute atomic E-state index is 11.5. The summed E-state index contributed by atoms with van der Waals surface area (Å²) < 4.78 is 0. The highest BCUT2D eigenvalue weighted by Crippen LogP contribution is 2.10. The number of carbonyl (C=O) groups is 1. The number of carbonyl (C=O) groups excluding carboxylic acids is 1. The fourth-order valence-electron chi connectivity index (χ4n) is 1.23. The number of rotatable bonds is 5. The van der Waals surface area contributed by atoms with Crippen molar-refractivity contribution >= 4 is 17.2 Å². The summed E-state index contributed by atoms with van der Waals surface area (Å²) in [5.41, 5.74) is 0.784. The standard InChI is InChI=1S/C11H15N3OS/c1-3-8(6-12)13-10(15)5-9-7-16-11(4-2)14-9/h7-8H,3-5H2,1-2H3,(H,13,15)/t8-/m1/s1. The van der Waals surface area contributed by atoms with Gasteiger partial charge in [0.2, 0.25) is 5.91 Å². The van der Waals surface area contributed by atoms with E-state index in [0.717, 1.165) is 17.1 Å². The molecule has 0 unspecified atom stereocenters. The van der Waals surface area contributed by atoms with Crippen molar-refractivity contribution in [3.63, 3.8) is 0 Å². The molecule has 0 saturated carbocycles. The quantitative estimate of drug-likeness (QED) is 0.847. The van der Waals surface area contributed by atoms with E-state index in [2.05, 4.69) is 10.3 Å². The third kappa shape index (κ3) is 3.63. The van der Waals surface area contributed by atoms with Gasteiger partial charge in [0.05, 0.1) is 23.2 Å². The van der Waals surface area contributed by atoms with Crippen molar-refractivity contribution in [3.05, 3.63) is 16.1 Å². The van der Waals surface area contributed by atoms with Crippen molar-refractivity contribution in [3.8, 4) is 6.07 Å². The van der Waals surface area contributed by atoms with Crippen LogP contribution < -0.4 is 5.32 Å². The first-order valence-electron chi connectivity index (χ1n) is 5.31. The normalized spacial score (nSPS) is 11.8. The minimum atomic E-state index is -0.392.